The predicted octanol–water partition coefficient (Wildman–Crippen LogP) is 2.76. The van der Waals surface area contributed by atoms with Gasteiger partial charge in [-0.15, -0.1) is 0 Å². The number of likely N-dealkylation sites (tertiary alicyclic amines) is 1. The highest BCUT2D eigenvalue weighted by Crippen LogP contribution is 2.26. The molecule has 0 saturated carbocycles. The molecule has 1 heterocycles. The van der Waals surface area contributed by atoms with Crippen LogP contribution in [0.25, 0.3) is 0 Å². The van der Waals surface area contributed by atoms with Crippen molar-refractivity contribution in [2.75, 3.05) is 20.1 Å². The summed E-state index contributed by atoms with van der Waals surface area (Å²) in [6.07, 6.45) is 5.63. The molecular weight excluding hydrogens is 146 g/mol. The molecule has 2 unspecified atom stereocenters. The fourth-order valence-electron chi connectivity index (χ4n) is 2.17. The van der Waals surface area contributed by atoms with Crippen LogP contribution in [-0.4, -0.2) is 25.0 Å². The van der Waals surface area contributed by atoms with Gasteiger partial charge in [0.15, 0.2) is 0 Å². The fraction of sp³-hybridized carbons (Fsp3) is 1.00. The van der Waals surface area contributed by atoms with Crippen LogP contribution in [0.4, 0.5) is 0 Å². The zero-order chi connectivity index (χ0) is 8.97. The molecule has 0 radical (unpaired) electrons. The van der Waals surface area contributed by atoms with Crippen LogP contribution in [0.2, 0.25) is 0 Å². The Bertz CT molecular complexity index is 122. The number of nitrogens with zero attached hydrogens (tertiary/aromatic N) is 1. The van der Waals surface area contributed by atoms with Crippen LogP contribution < -0.4 is 0 Å². The molecule has 2 atom stereocenters. The first-order chi connectivity index (χ1) is 5.74. The van der Waals surface area contributed by atoms with Crippen molar-refractivity contribution in [1.29, 1.82) is 0 Å². The molecule has 72 valence electrons. The summed E-state index contributed by atoms with van der Waals surface area (Å²) < 4.78 is 0. The van der Waals surface area contributed by atoms with Crippen molar-refractivity contribution in [3.05, 3.63) is 0 Å². The van der Waals surface area contributed by atoms with Crippen molar-refractivity contribution in [3.63, 3.8) is 0 Å². The Balaban J connectivity index is 2.28. The summed E-state index contributed by atoms with van der Waals surface area (Å²) in [7, 11) is 2.25. The molecular formula is C11H23N. The smallest absolute Gasteiger partial charge is 0.000916 e. The standard InChI is InChI=1S/C11H23N/c1-4-5-6-11-9-12(3)8-7-10(11)2/h10-11H,4-9H2,1-3H3. The van der Waals surface area contributed by atoms with Crippen molar-refractivity contribution in [3.8, 4) is 0 Å². The van der Waals surface area contributed by atoms with Crippen molar-refractivity contribution >= 4 is 0 Å². The molecule has 1 nitrogen and oxygen atoms in total. The van der Waals surface area contributed by atoms with Crippen LogP contribution in [0.1, 0.15) is 39.5 Å². The first-order valence-corrected chi connectivity index (χ1v) is 5.42. The van der Waals surface area contributed by atoms with Gasteiger partial charge in [0.2, 0.25) is 0 Å². The van der Waals surface area contributed by atoms with Gasteiger partial charge < -0.3 is 4.90 Å². The molecule has 1 saturated heterocycles. The van der Waals surface area contributed by atoms with Crippen LogP contribution in [0, 0.1) is 11.8 Å². The van der Waals surface area contributed by atoms with Gasteiger partial charge in [-0.3, -0.25) is 0 Å². The normalized spacial score (nSPS) is 32.2. The predicted molar refractivity (Wildman–Crippen MR) is 54.3 cm³/mol. The molecule has 1 aliphatic rings. The lowest BCUT2D eigenvalue weighted by atomic mass is 9.84. The van der Waals surface area contributed by atoms with Gasteiger partial charge in [0, 0.05) is 6.54 Å². The van der Waals surface area contributed by atoms with Gasteiger partial charge in [0.25, 0.3) is 0 Å². The zero-order valence-electron chi connectivity index (χ0n) is 8.84. The second-order valence-corrected chi connectivity index (χ2v) is 4.43. The average molecular weight is 169 g/mol. The minimum Gasteiger partial charge on any atom is -0.306 e. The summed E-state index contributed by atoms with van der Waals surface area (Å²) in [5, 5.41) is 0. The van der Waals surface area contributed by atoms with E-state index in [1.807, 2.05) is 0 Å². The van der Waals surface area contributed by atoms with Crippen molar-refractivity contribution < 1.29 is 0 Å². The molecule has 0 aromatic rings. The summed E-state index contributed by atoms with van der Waals surface area (Å²) >= 11 is 0. The molecule has 12 heavy (non-hydrogen) atoms. The van der Waals surface area contributed by atoms with Crippen molar-refractivity contribution in [2.24, 2.45) is 11.8 Å². The average Bonchev–Trinajstić information content (AvgIpc) is 2.07. The van der Waals surface area contributed by atoms with E-state index < -0.39 is 0 Å². The highest BCUT2D eigenvalue weighted by Gasteiger charge is 2.23. The van der Waals surface area contributed by atoms with Crippen molar-refractivity contribution in [1.82, 2.24) is 4.90 Å². The Hall–Kier alpha value is -0.0400. The first-order valence-electron chi connectivity index (χ1n) is 5.42. The lowest BCUT2D eigenvalue weighted by Crippen LogP contribution is -2.36. The molecule has 1 rings (SSSR count). The van der Waals surface area contributed by atoms with Crippen LogP contribution in [-0.2, 0) is 0 Å². The monoisotopic (exact) mass is 169 g/mol. The Labute approximate surface area is 77.1 Å². The molecule has 0 bridgehead atoms. The van der Waals surface area contributed by atoms with Gasteiger partial charge in [-0.2, -0.15) is 0 Å². The molecule has 0 spiro atoms. The highest BCUT2D eigenvalue weighted by atomic mass is 15.1. The Morgan fingerprint density at radius 2 is 2.17 bits per heavy atom. The molecule has 1 aliphatic heterocycles. The maximum Gasteiger partial charge on any atom is 0.000916 e. The van der Waals surface area contributed by atoms with E-state index in [1.165, 1.54) is 38.8 Å². The third-order valence-corrected chi connectivity index (χ3v) is 3.25. The number of hydrogen-bond acceptors (Lipinski definition) is 1. The molecule has 0 aliphatic carbocycles. The Morgan fingerprint density at radius 1 is 1.42 bits per heavy atom. The quantitative estimate of drug-likeness (QED) is 0.628. The second kappa shape index (κ2) is 4.86. The van der Waals surface area contributed by atoms with E-state index in [4.69, 9.17) is 0 Å². The van der Waals surface area contributed by atoms with Crippen molar-refractivity contribution in [2.45, 2.75) is 39.5 Å². The third kappa shape index (κ3) is 2.78. The minimum atomic E-state index is 0.966. The van der Waals surface area contributed by atoms with E-state index >= 15 is 0 Å². The lowest BCUT2D eigenvalue weighted by molar-refractivity contribution is 0.144. The SMILES string of the molecule is CCCCC1CN(C)CCC1C. The van der Waals surface area contributed by atoms with Gasteiger partial charge in [0.1, 0.15) is 0 Å². The zero-order valence-corrected chi connectivity index (χ0v) is 8.84. The largest absolute Gasteiger partial charge is 0.306 e. The van der Waals surface area contributed by atoms with Crippen LogP contribution in [0.3, 0.4) is 0 Å². The summed E-state index contributed by atoms with van der Waals surface area (Å²) in [4.78, 5) is 2.49. The summed E-state index contributed by atoms with van der Waals surface area (Å²) in [5.74, 6) is 1.94. The number of rotatable bonds is 3. The third-order valence-electron chi connectivity index (χ3n) is 3.25. The summed E-state index contributed by atoms with van der Waals surface area (Å²) in [5.41, 5.74) is 0. The molecule has 1 fully saturated rings. The number of unbranched alkanes of at least 4 members (excludes halogenated alkanes) is 1. The molecule has 0 aromatic heterocycles. The summed E-state index contributed by atoms with van der Waals surface area (Å²) in [6, 6.07) is 0. The van der Waals surface area contributed by atoms with Gasteiger partial charge in [-0.25, -0.2) is 0 Å². The van der Waals surface area contributed by atoms with Gasteiger partial charge in [-0.1, -0.05) is 26.7 Å². The topological polar surface area (TPSA) is 3.24 Å². The first kappa shape index (κ1) is 10.0. The molecule has 1 heteroatoms. The lowest BCUT2D eigenvalue weighted by Gasteiger charge is -2.35. The maximum atomic E-state index is 2.49. The fourth-order valence-corrected chi connectivity index (χ4v) is 2.17. The van der Waals surface area contributed by atoms with E-state index in [2.05, 4.69) is 25.8 Å². The summed E-state index contributed by atoms with van der Waals surface area (Å²) in [6.45, 7) is 7.36. The maximum absolute atomic E-state index is 2.49. The van der Waals surface area contributed by atoms with Crippen LogP contribution >= 0.6 is 0 Å². The number of hydrogen-bond donors (Lipinski definition) is 0. The van der Waals surface area contributed by atoms with Gasteiger partial charge in [-0.05, 0) is 38.3 Å². The number of piperidine rings is 1. The molecule has 0 aromatic carbocycles. The Kier molecular flexibility index (Phi) is 4.07. The van der Waals surface area contributed by atoms with Crippen LogP contribution in [0.5, 0.6) is 0 Å². The molecule has 0 amide bonds. The van der Waals surface area contributed by atoms with Gasteiger partial charge in [0.05, 0.1) is 0 Å². The highest BCUT2D eigenvalue weighted by molar-refractivity contribution is 4.75. The van der Waals surface area contributed by atoms with E-state index in [0.29, 0.717) is 0 Å². The van der Waals surface area contributed by atoms with E-state index in [9.17, 15) is 0 Å². The molecule has 0 N–H and O–H groups in total. The van der Waals surface area contributed by atoms with E-state index in [0.717, 1.165) is 11.8 Å². The van der Waals surface area contributed by atoms with E-state index in [-0.39, 0.29) is 0 Å². The Morgan fingerprint density at radius 3 is 2.83 bits per heavy atom. The minimum absolute atomic E-state index is 0.966. The second-order valence-electron chi connectivity index (χ2n) is 4.43. The van der Waals surface area contributed by atoms with E-state index in [1.54, 1.807) is 0 Å². The van der Waals surface area contributed by atoms with Crippen LogP contribution in [0.15, 0.2) is 0 Å². The van der Waals surface area contributed by atoms with Gasteiger partial charge >= 0.3 is 0 Å².